The van der Waals surface area contributed by atoms with Gasteiger partial charge in [0.1, 0.15) is 5.44 Å². The van der Waals surface area contributed by atoms with Crippen molar-refractivity contribution in [1.29, 1.82) is 0 Å². The number of rotatable bonds is 23. The van der Waals surface area contributed by atoms with Gasteiger partial charge in [0.25, 0.3) is 0 Å². The van der Waals surface area contributed by atoms with Crippen LogP contribution in [0.15, 0.2) is 0 Å². The quantitative estimate of drug-likeness (QED) is 0.0852. The largest absolute Gasteiger partial charge is 0.381 e. The predicted octanol–water partition coefficient (Wildman–Crippen LogP) is 7.95. The third-order valence-electron chi connectivity index (χ3n) is 6.08. The Hall–Kier alpha value is -0.220. The van der Waals surface area contributed by atoms with E-state index in [0.717, 1.165) is 25.7 Å². The van der Waals surface area contributed by atoms with Crippen molar-refractivity contribution in [2.75, 3.05) is 0 Å². The summed E-state index contributed by atoms with van der Waals surface area (Å²) in [6, 6.07) is -0.214. The molecule has 0 heterocycles. The first kappa shape index (κ1) is 29.8. The second-order valence-corrected chi connectivity index (χ2v) is 9.67. The Morgan fingerprint density at radius 2 is 1.03 bits per heavy atom. The van der Waals surface area contributed by atoms with E-state index in [2.05, 4.69) is 31.8 Å². The van der Waals surface area contributed by atoms with Crippen LogP contribution in [-0.4, -0.2) is 22.5 Å². The molecule has 2 N–H and O–H groups in total. The van der Waals surface area contributed by atoms with Gasteiger partial charge in [0.05, 0.1) is 6.04 Å². The number of aliphatic hydroxyl groups is 1. The van der Waals surface area contributed by atoms with E-state index in [1.807, 2.05) is 0 Å². The zero-order valence-electron chi connectivity index (χ0n) is 20.3. The lowest BCUT2D eigenvalue weighted by Crippen LogP contribution is -2.41. The maximum atomic E-state index is 12.2. The molecule has 0 saturated heterocycles. The van der Waals surface area contributed by atoms with Crippen LogP contribution in [0.3, 0.4) is 0 Å². The number of hydrogen-bond acceptors (Lipinski definition) is 3. The van der Waals surface area contributed by atoms with Crippen molar-refractivity contribution in [2.24, 2.45) is 0 Å². The maximum absolute atomic E-state index is 12.2. The van der Waals surface area contributed by atoms with E-state index >= 15 is 0 Å². The molecule has 0 radical (unpaired) electrons. The Morgan fingerprint density at radius 1 is 0.667 bits per heavy atom. The van der Waals surface area contributed by atoms with Crippen LogP contribution in [0.5, 0.6) is 0 Å². The molecule has 0 aromatic carbocycles. The minimum Gasteiger partial charge on any atom is -0.381 e. The highest BCUT2D eigenvalue weighted by atomic mass is 32.1. The first-order valence-electron chi connectivity index (χ1n) is 13.3. The normalized spacial score (nSPS) is 13.3. The minimum atomic E-state index is -0.768. The SMILES string of the molecule is CCCCCCCCCCCCCC(NC(=O)CCCCCCCCCC)C(O)S. The molecule has 180 valence electrons. The summed E-state index contributed by atoms with van der Waals surface area (Å²) >= 11 is 4.18. The van der Waals surface area contributed by atoms with Gasteiger partial charge in [-0.05, 0) is 12.8 Å². The van der Waals surface area contributed by atoms with E-state index in [0.29, 0.717) is 6.42 Å². The van der Waals surface area contributed by atoms with Crippen LogP contribution in [0.25, 0.3) is 0 Å². The van der Waals surface area contributed by atoms with E-state index in [1.165, 1.54) is 103 Å². The predicted molar refractivity (Wildman–Crippen MR) is 135 cm³/mol. The smallest absolute Gasteiger partial charge is 0.220 e. The standard InChI is InChI=1S/C26H53NO2S/c1-3-5-7-9-11-13-14-15-16-18-20-22-24(26(29)30)27-25(28)23-21-19-17-12-10-8-6-4-2/h24,26,29-30H,3-23H2,1-2H3,(H,27,28). The average Bonchev–Trinajstić information content (AvgIpc) is 2.72. The van der Waals surface area contributed by atoms with E-state index in [9.17, 15) is 9.90 Å². The van der Waals surface area contributed by atoms with E-state index < -0.39 is 5.44 Å². The Balaban J connectivity index is 3.62. The van der Waals surface area contributed by atoms with Gasteiger partial charge in [-0.3, -0.25) is 4.79 Å². The van der Waals surface area contributed by atoms with Crippen molar-refractivity contribution in [3.63, 3.8) is 0 Å². The van der Waals surface area contributed by atoms with Gasteiger partial charge in [0.15, 0.2) is 0 Å². The topological polar surface area (TPSA) is 49.3 Å². The number of carbonyl (C=O) groups is 1. The number of unbranched alkanes of at least 4 members (excludes halogenated alkanes) is 17. The fourth-order valence-electron chi connectivity index (χ4n) is 4.02. The second kappa shape index (κ2) is 23.4. The number of thiol groups is 1. The van der Waals surface area contributed by atoms with Gasteiger partial charge in [-0.1, -0.05) is 129 Å². The van der Waals surface area contributed by atoms with Crippen LogP contribution in [0.2, 0.25) is 0 Å². The Kier molecular flexibility index (Phi) is 23.3. The Labute approximate surface area is 194 Å². The lowest BCUT2D eigenvalue weighted by molar-refractivity contribution is -0.122. The third kappa shape index (κ3) is 21.0. The van der Waals surface area contributed by atoms with Crippen LogP contribution in [0.1, 0.15) is 149 Å². The van der Waals surface area contributed by atoms with Gasteiger partial charge >= 0.3 is 0 Å². The van der Waals surface area contributed by atoms with Crippen molar-refractivity contribution >= 4 is 18.5 Å². The summed E-state index contributed by atoms with van der Waals surface area (Å²) in [5.74, 6) is 0.0714. The molecule has 0 rings (SSSR count). The molecular formula is C26H53NO2S. The summed E-state index contributed by atoms with van der Waals surface area (Å²) in [7, 11) is 0. The summed E-state index contributed by atoms with van der Waals surface area (Å²) in [5, 5.41) is 12.9. The number of aliphatic hydroxyl groups excluding tert-OH is 1. The molecule has 0 spiro atoms. The average molecular weight is 444 g/mol. The molecule has 0 aliphatic rings. The van der Waals surface area contributed by atoms with Crippen LogP contribution >= 0.6 is 12.6 Å². The van der Waals surface area contributed by atoms with Crippen molar-refractivity contribution in [1.82, 2.24) is 5.32 Å². The van der Waals surface area contributed by atoms with Crippen LogP contribution in [-0.2, 0) is 4.79 Å². The minimum absolute atomic E-state index is 0.0714. The van der Waals surface area contributed by atoms with Gasteiger partial charge in [-0.15, -0.1) is 12.6 Å². The van der Waals surface area contributed by atoms with Crippen molar-refractivity contribution in [3.05, 3.63) is 0 Å². The van der Waals surface area contributed by atoms with Crippen molar-refractivity contribution in [2.45, 2.75) is 160 Å². The molecule has 2 unspecified atom stereocenters. The zero-order chi connectivity index (χ0) is 22.3. The van der Waals surface area contributed by atoms with Crippen molar-refractivity contribution in [3.8, 4) is 0 Å². The molecule has 3 nitrogen and oxygen atoms in total. The van der Waals surface area contributed by atoms with Gasteiger partial charge < -0.3 is 10.4 Å². The molecular weight excluding hydrogens is 390 g/mol. The van der Waals surface area contributed by atoms with E-state index in [4.69, 9.17) is 0 Å². The molecule has 1 amide bonds. The van der Waals surface area contributed by atoms with Gasteiger partial charge in [-0.2, -0.15) is 0 Å². The monoisotopic (exact) mass is 443 g/mol. The molecule has 0 aliphatic carbocycles. The summed E-state index contributed by atoms with van der Waals surface area (Å²) in [6.45, 7) is 4.50. The van der Waals surface area contributed by atoms with Gasteiger partial charge in [0.2, 0.25) is 5.91 Å². The highest BCUT2D eigenvalue weighted by Crippen LogP contribution is 2.15. The number of amides is 1. The second-order valence-electron chi connectivity index (χ2n) is 9.14. The molecule has 0 fully saturated rings. The molecule has 0 aliphatic heterocycles. The van der Waals surface area contributed by atoms with Crippen LogP contribution in [0.4, 0.5) is 0 Å². The van der Waals surface area contributed by atoms with Crippen LogP contribution in [0, 0.1) is 0 Å². The van der Waals surface area contributed by atoms with Gasteiger partial charge in [0, 0.05) is 6.42 Å². The lowest BCUT2D eigenvalue weighted by atomic mass is 10.0. The Morgan fingerprint density at radius 3 is 1.43 bits per heavy atom. The highest BCUT2D eigenvalue weighted by molar-refractivity contribution is 7.80. The number of carbonyl (C=O) groups excluding carboxylic acids is 1. The first-order chi connectivity index (χ1) is 14.6. The molecule has 30 heavy (non-hydrogen) atoms. The molecule has 0 aromatic heterocycles. The van der Waals surface area contributed by atoms with Gasteiger partial charge in [-0.25, -0.2) is 0 Å². The molecule has 0 saturated carbocycles. The summed E-state index contributed by atoms with van der Waals surface area (Å²) in [4.78, 5) is 12.2. The molecule has 0 aromatic rings. The fourth-order valence-corrected chi connectivity index (χ4v) is 4.25. The van der Waals surface area contributed by atoms with Crippen LogP contribution < -0.4 is 5.32 Å². The number of nitrogens with one attached hydrogen (secondary N) is 1. The first-order valence-corrected chi connectivity index (χ1v) is 13.8. The number of hydrogen-bond donors (Lipinski definition) is 3. The maximum Gasteiger partial charge on any atom is 0.220 e. The van der Waals surface area contributed by atoms with E-state index in [1.54, 1.807) is 0 Å². The summed E-state index contributed by atoms with van der Waals surface area (Å²) in [6.07, 6.45) is 25.7. The zero-order valence-corrected chi connectivity index (χ0v) is 21.2. The Bertz CT molecular complexity index is 363. The third-order valence-corrected chi connectivity index (χ3v) is 6.44. The van der Waals surface area contributed by atoms with E-state index in [-0.39, 0.29) is 11.9 Å². The molecule has 0 bridgehead atoms. The molecule has 4 heteroatoms. The summed E-state index contributed by atoms with van der Waals surface area (Å²) in [5.41, 5.74) is -0.768. The highest BCUT2D eigenvalue weighted by Gasteiger charge is 2.17. The summed E-state index contributed by atoms with van der Waals surface area (Å²) < 4.78 is 0. The lowest BCUT2D eigenvalue weighted by Gasteiger charge is -2.21. The van der Waals surface area contributed by atoms with Crippen molar-refractivity contribution < 1.29 is 9.90 Å². The molecule has 2 atom stereocenters. The fraction of sp³-hybridized carbons (Fsp3) is 0.962.